The van der Waals surface area contributed by atoms with Crippen LogP contribution in [0.2, 0.25) is 0 Å². The van der Waals surface area contributed by atoms with Crippen LogP contribution in [0.4, 0.5) is 0 Å². The Labute approximate surface area is 99.6 Å². The summed E-state index contributed by atoms with van der Waals surface area (Å²) in [7, 11) is 0. The molecule has 0 amide bonds. The lowest BCUT2D eigenvalue weighted by Gasteiger charge is -1.95. The Balaban J connectivity index is 2.40. The van der Waals surface area contributed by atoms with Gasteiger partial charge >= 0.3 is 0 Å². The van der Waals surface area contributed by atoms with Crippen molar-refractivity contribution in [1.29, 1.82) is 0 Å². The van der Waals surface area contributed by atoms with E-state index in [-0.39, 0.29) is 5.88 Å². The zero-order chi connectivity index (χ0) is 11.4. The van der Waals surface area contributed by atoms with Crippen LogP contribution < -0.4 is 0 Å². The van der Waals surface area contributed by atoms with E-state index in [0.29, 0.717) is 0 Å². The van der Waals surface area contributed by atoms with Gasteiger partial charge in [-0.25, -0.2) is 9.97 Å². The molecule has 5 heteroatoms. The third-order valence-electron chi connectivity index (χ3n) is 2.93. The molecule has 3 aromatic heterocycles. The van der Waals surface area contributed by atoms with Gasteiger partial charge < -0.3 is 10.1 Å². The molecule has 1 aromatic carbocycles. The van der Waals surface area contributed by atoms with E-state index in [1.54, 1.807) is 0 Å². The zero-order valence-electron chi connectivity index (χ0n) is 8.64. The first-order valence-electron chi connectivity index (χ1n) is 5.17. The van der Waals surface area contributed by atoms with Gasteiger partial charge in [-0.3, -0.25) is 0 Å². The Bertz CT molecular complexity index is 862. The number of nitrogens with zero attached hydrogens (tertiary/aromatic N) is 2. The minimum atomic E-state index is 0.0569. The van der Waals surface area contributed by atoms with E-state index in [4.69, 9.17) is 0 Å². The molecule has 2 N–H and O–H groups in total. The normalized spacial score (nSPS) is 11.8. The fourth-order valence-electron chi connectivity index (χ4n) is 2.17. The van der Waals surface area contributed by atoms with Gasteiger partial charge in [-0.05, 0) is 5.39 Å². The van der Waals surface area contributed by atoms with Crippen molar-refractivity contribution in [2.45, 2.75) is 0 Å². The molecule has 4 aromatic rings. The van der Waals surface area contributed by atoms with Crippen LogP contribution in [0.25, 0.3) is 31.2 Å². The molecule has 0 atom stereocenters. The van der Waals surface area contributed by atoms with Crippen LogP contribution in [0.3, 0.4) is 0 Å². The van der Waals surface area contributed by atoms with Gasteiger partial charge in [0.05, 0.1) is 11.8 Å². The summed E-state index contributed by atoms with van der Waals surface area (Å²) in [5, 5.41) is 13.1. The van der Waals surface area contributed by atoms with Crippen LogP contribution in [0.1, 0.15) is 0 Å². The van der Waals surface area contributed by atoms with Crippen LogP contribution in [-0.4, -0.2) is 20.1 Å². The van der Waals surface area contributed by atoms with Gasteiger partial charge in [0, 0.05) is 17.0 Å². The number of aromatic amines is 1. The van der Waals surface area contributed by atoms with Crippen molar-refractivity contribution >= 4 is 42.5 Å². The number of H-pyrrole nitrogens is 1. The van der Waals surface area contributed by atoms with Gasteiger partial charge in [0.15, 0.2) is 0 Å². The average Bonchev–Trinajstić information content (AvgIpc) is 2.91. The molecule has 0 spiro atoms. The number of rotatable bonds is 0. The second-order valence-corrected chi connectivity index (χ2v) is 4.86. The highest BCUT2D eigenvalue weighted by atomic mass is 32.1. The number of hydrogen-bond acceptors (Lipinski definition) is 4. The lowest BCUT2D eigenvalue weighted by atomic mass is 10.2. The van der Waals surface area contributed by atoms with Crippen LogP contribution in [-0.2, 0) is 0 Å². The molecule has 17 heavy (non-hydrogen) atoms. The first kappa shape index (κ1) is 8.95. The van der Waals surface area contributed by atoms with Gasteiger partial charge in [-0.1, -0.05) is 18.2 Å². The maximum atomic E-state index is 9.75. The summed E-state index contributed by atoms with van der Waals surface area (Å²) in [6.45, 7) is 0. The van der Waals surface area contributed by atoms with Crippen LogP contribution >= 0.6 is 11.3 Å². The largest absolute Gasteiger partial charge is 0.492 e. The molecule has 0 saturated carbocycles. The van der Waals surface area contributed by atoms with Crippen LogP contribution in [0.15, 0.2) is 30.7 Å². The Morgan fingerprint density at radius 1 is 1.24 bits per heavy atom. The SMILES string of the molecule is Oc1nc[nH]c2c1sc1ncc3cccc3c12. The van der Waals surface area contributed by atoms with Crippen molar-refractivity contribution in [3.63, 3.8) is 0 Å². The zero-order valence-corrected chi connectivity index (χ0v) is 9.45. The highest BCUT2D eigenvalue weighted by molar-refractivity contribution is 7.25. The number of thiophene rings is 1. The maximum absolute atomic E-state index is 9.75. The molecule has 0 unspecified atom stereocenters. The van der Waals surface area contributed by atoms with Gasteiger partial charge in [0.25, 0.3) is 0 Å². The van der Waals surface area contributed by atoms with E-state index in [1.165, 1.54) is 17.7 Å². The van der Waals surface area contributed by atoms with E-state index in [1.807, 2.05) is 18.3 Å². The molecule has 0 fully saturated rings. The van der Waals surface area contributed by atoms with Crippen molar-refractivity contribution in [3.8, 4) is 5.88 Å². The van der Waals surface area contributed by atoms with Crippen molar-refractivity contribution < 1.29 is 5.11 Å². The van der Waals surface area contributed by atoms with Gasteiger partial charge in [-0.2, -0.15) is 0 Å². The standard InChI is InChI=1S/C12H7N3OS/c16-11-10-9(14-5-15-11)8-7-3-1-2-6(7)4-13-12(8)17-10/h1-5,16H,(H,14,15). The number of fused-ring (bicyclic) bond motifs is 5. The Hall–Kier alpha value is -2.14. The van der Waals surface area contributed by atoms with Crippen molar-refractivity contribution in [2.24, 2.45) is 0 Å². The molecule has 4 rings (SSSR count). The molecule has 0 aliphatic heterocycles. The third kappa shape index (κ3) is 1.06. The lowest BCUT2D eigenvalue weighted by Crippen LogP contribution is -1.79. The van der Waals surface area contributed by atoms with E-state index < -0.39 is 0 Å². The van der Waals surface area contributed by atoms with Crippen LogP contribution in [0.5, 0.6) is 5.88 Å². The summed E-state index contributed by atoms with van der Waals surface area (Å²) in [5.41, 5.74) is 0.904. The molecule has 0 radical (unpaired) electrons. The summed E-state index contributed by atoms with van der Waals surface area (Å²) in [6.07, 6.45) is 3.36. The summed E-state index contributed by atoms with van der Waals surface area (Å²) < 4.78 is 0.753. The Morgan fingerprint density at radius 2 is 2.18 bits per heavy atom. The van der Waals surface area contributed by atoms with E-state index in [0.717, 1.165) is 31.2 Å². The molecule has 4 nitrogen and oxygen atoms in total. The predicted molar refractivity (Wildman–Crippen MR) is 68.4 cm³/mol. The fraction of sp³-hybridized carbons (Fsp3) is 0. The summed E-state index contributed by atoms with van der Waals surface area (Å²) in [6, 6.07) is 6.11. The first-order chi connectivity index (χ1) is 8.34. The highest BCUT2D eigenvalue weighted by Gasteiger charge is 2.13. The van der Waals surface area contributed by atoms with Crippen molar-refractivity contribution in [2.75, 3.05) is 0 Å². The summed E-state index contributed by atoms with van der Waals surface area (Å²) in [5.74, 6) is 0.0569. The predicted octanol–water partition coefficient (Wildman–Crippen LogP) is 3.03. The molecule has 0 saturated heterocycles. The quantitative estimate of drug-likeness (QED) is 0.497. The van der Waals surface area contributed by atoms with Crippen molar-refractivity contribution in [3.05, 3.63) is 30.7 Å². The van der Waals surface area contributed by atoms with Gasteiger partial charge in [-0.15, -0.1) is 11.3 Å². The van der Waals surface area contributed by atoms with E-state index in [9.17, 15) is 5.11 Å². The smallest absolute Gasteiger partial charge is 0.232 e. The number of aromatic hydroxyl groups is 1. The molecular formula is C12H7N3OS. The van der Waals surface area contributed by atoms with Gasteiger partial charge in [0.2, 0.25) is 5.88 Å². The summed E-state index contributed by atoms with van der Waals surface area (Å²) in [4.78, 5) is 12.3. The maximum Gasteiger partial charge on any atom is 0.232 e. The minimum Gasteiger partial charge on any atom is -0.492 e. The fourth-order valence-corrected chi connectivity index (χ4v) is 3.19. The highest BCUT2D eigenvalue weighted by Crippen LogP contribution is 2.38. The average molecular weight is 241 g/mol. The molecule has 3 heterocycles. The number of nitrogens with one attached hydrogen (secondary N) is 1. The van der Waals surface area contributed by atoms with E-state index in [2.05, 4.69) is 21.0 Å². The Morgan fingerprint density at radius 3 is 3.12 bits per heavy atom. The number of aromatic nitrogens is 3. The van der Waals surface area contributed by atoms with Crippen LogP contribution in [0, 0.1) is 0 Å². The monoisotopic (exact) mass is 241 g/mol. The molecule has 0 bridgehead atoms. The third-order valence-corrected chi connectivity index (χ3v) is 4.02. The second kappa shape index (κ2) is 2.95. The first-order valence-corrected chi connectivity index (χ1v) is 5.98. The van der Waals surface area contributed by atoms with Crippen molar-refractivity contribution in [1.82, 2.24) is 15.0 Å². The minimum absolute atomic E-state index is 0.0569. The number of pyridine rings is 1. The summed E-state index contributed by atoms with van der Waals surface area (Å²) >= 11 is 1.45. The van der Waals surface area contributed by atoms with Gasteiger partial charge in [0.1, 0.15) is 9.53 Å². The molecule has 0 aliphatic carbocycles. The lowest BCUT2D eigenvalue weighted by molar-refractivity contribution is 0.460. The Kier molecular flexibility index (Phi) is 1.55. The van der Waals surface area contributed by atoms with E-state index >= 15 is 0 Å². The molecular weight excluding hydrogens is 234 g/mol. The molecule has 0 aliphatic rings. The molecule has 82 valence electrons. The number of hydrogen-bond donors (Lipinski definition) is 2. The topological polar surface area (TPSA) is 61.8 Å². The second-order valence-electron chi connectivity index (χ2n) is 3.87.